The van der Waals surface area contributed by atoms with Gasteiger partial charge < -0.3 is 5.73 Å². The standard InChI is InChI=1S/C14H12N4O2S/c15-13-16-11-10(12(19)17-13)21-14(20)18(11)8-4-7-9-5-2-1-3-6-9/h1-7H,8H2,(H3,15,16,17,19). The summed E-state index contributed by atoms with van der Waals surface area (Å²) in [4.78, 5) is 29.9. The normalized spacial score (nSPS) is 11.4. The molecule has 0 amide bonds. The third kappa shape index (κ3) is 2.63. The van der Waals surface area contributed by atoms with Crippen LogP contribution in [-0.4, -0.2) is 14.5 Å². The molecule has 7 heteroatoms. The largest absolute Gasteiger partial charge is 0.369 e. The molecule has 3 N–H and O–H groups in total. The molecule has 2 aromatic heterocycles. The van der Waals surface area contributed by atoms with Crippen LogP contribution in [0.25, 0.3) is 16.4 Å². The number of hydrogen-bond acceptors (Lipinski definition) is 5. The first kappa shape index (κ1) is 13.3. The van der Waals surface area contributed by atoms with Crippen molar-refractivity contribution in [1.29, 1.82) is 0 Å². The Morgan fingerprint density at radius 1 is 1.29 bits per heavy atom. The number of fused-ring (bicyclic) bond motifs is 1. The monoisotopic (exact) mass is 300 g/mol. The second-order valence-corrected chi connectivity index (χ2v) is 5.36. The second-order valence-electron chi connectivity index (χ2n) is 4.40. The minimum absolute atomic E-state index is 0.00564. The summed E-state index contributed by atoms with van der Waals surface area (Å²) < 4.78 is 1.73. The number of nitrogens with zero attached hydrogens (tertiary/aromatic N) is 2. The van der Waals surface area contributed by atoms with E-state index in [9.17, 15) is 9.59 Å². The molecule has 0 spiro atoms. The van der Waals surface area contributed by atoms with Crippen molar-refractivity contribution < 1.29 is 0 Å². The summed E-state index contributed by atoms with van der Waals surface area (Å²) in [5, 5.41) is 0. The lowest BCUT2D eigenvalue weighted by Crippen LogP contribution is -2.14. The Labute approximate surface area is 123 Å². The molecule has 0 bridgehead atoms. The van der Waals surface area contributed by atoms with Crippen LogP contribution >= 0.6 is 11.3 Å². The van der Waals surface area contributed by atoms with Crippen molar-refractivity contribution in [3.05, 3.63) is 62.0 Å². The number of nitrogens with two attached hydrogens (primary N) is 1. The van der Waals surface area contributed by atoms with Gasteiger partial charge in [-0.2, -0.15) is 4.98 Å². The molecule has 21 heavy (non-hydrogen) atoms. The average Bonchev–Trinajstić information content (AvgIpc) is 2.77. The van der Waals surface area contributed by atoms with Crippen LogP contribution in [0, 0.1) is 0 Å². The number of rotatable bonds is 3. The highest BCUT2D eigenvalue weighted by atomic mass is 32.1. The van der Waals surface area contributed by atoms with Gasteiger partial charge in [-0.25, -0.2) is 0 Å². The maximum atomic E-state index is 12.0. The predicted molar refractivity (Wildman–Crippen MR) is 84.4 cm³/mol. The molecule has 0 aliphatic carbocycles. The second kappa shape index (κ2) is 5.37. The van der Waals surface area contributed by atoms with Crippen molar-refractivity contribution in [2.24, 2.45) is 0 Å². The zero-order chi connectivity index (χ0) is 14.8. The summed E-state index contributed by atoms with van der Waals surface area (Å²) >= 11 is 0.872. The molecular formula is C14H12N4O2S. The molecule has 0 fully saturated rings. The van der Waals surface area contributed by atoms with E-state index in [1.54, 1.807) is 0 Å². The first-order valence-electron chi connectivity index (χ1n) is 6.26. The van der Waals surface area contributed by atoms with E-state index in [0.717, 1.165) is 16.9 Å². The zero-order valence-electron chi connectivity index (χ0n) is 10.9. The molecule has 0 radical (unpaired) electrons. The number of benzene rings is 1. The number of H-pyrrole nitrogens is 1. The van der Waals surface area contributed by atoms with Crippen LogP contribution in [0.5, 0.6) is 0 Å². The summed E-state index contributed by atoms with van der Waals surface area (Å²) in [6, 6.07) is 9.74. The van der Waals surface area contributed by atoms with Crippen molar-refractivity contribution >= 4 is 33.7 Å². The van der Waals surface area contributed by atoms with Gasteiger partial charge in [-0.05, 0) is 5.56 Å². The summed E-state index contributed by atoms with van der Waals surface area (Å²) in [6.07, 6.45) is 3.76. The van der Waals surface area contributed by atoms with Crippen molar-refractivity contribution in [2.75, 3.05) is 5.73 Å². The van der Waals surface area contributed by atoms with Crippen LogP contribution in [0.2, 0.25) is 0 Å². The highest BCUT2D eigenvalue weighted by molar-refractivity contribution is 7.16. The molecule has 0 saturated carbocycles. The molecule has 0 aliphatic rings. The maximum absolute atomic E-state index is 12.0. The minimum Gasteiger partial charge on any atom is -0.369 e. The van der Waals surface area contributed by atoms with E-state index < -0.39 is 0 Å². The SMILES string of the molecule is Nc1nc2c(sc(=O)n2CC=Cc2ccccc2)c(=O)[nH]1. The van der Waals surface area contributed by atoms with Crippen molar-refractivity contribution in [3.8, 4) is 0 Å². The van der Waals surface area contributed by atoms with Gasteiger partial charge in [0.2, 0.25) is 5.95 Å². The maximum Gasteiger partial charge on any atom is 0.309 e. The number of thiazole rings is 1. The third-order valence-corrected chi connectivity index (χ3v) is 3.91. The van der Waals surface area contributed by atoms with Crippen LogP contribution in [0.1, 0.15) is 5.56 Å². The number of anilines is 1. The van der Waals surface area contributed by atoms with Gasteiger partial charge in [0.15, 0.2) is 5.65 Å². The van der Waals surface area contributed by atoms with Crippen LogP contribution in [0.4, 0.5) is 5.95 Å². The van der Waals surface area contributed by atoms with Crippen LogP contribution in [0.3, 0.4) is 0 Å². The van der Waals surface area contributed by atoms with Crippen molar-refractivity contribution in [3.63, 3.8) is 0 Å². The number of allylic oxidation sites excluding steroid dienone is 1. The van der Waals surface area contributed by atoms with E-state index in [1.165, 1.54) is 4.57 Å². The van der Waals surface area contributed by atoms with Gasteiger partial charge in [-0.15, -0.1) is 0 Å². The van der Waals surface area contributed by atoms with Gasteiger partial charge in [0.25, 0.3) is 5.56 Å². The average molecular weight is 300 g/mol. The molecule has 0 saturated heterocycles. The Hall–Kier alpha value is -2.67. The van der Waals surface area contributed by atoms with Gasteiger partial charge in [-0.3, -0.25) is 19.1 Å². The van der Waals surface area contributed by atoms with Gasteiger partial charge in [0.05, 0.1) is 0 Å². The molecular weight excluding hydrogens is 288 g/mol. The van der Waals surface area contributed by atoms with E-state index in [2.05, 4.69) is 9.97 Å². The highest BCUT2D eigenvalue weighted by Crippen LogP contribution is 2.11. The molecule has 3 aromatic rings. The summed E-state index contributed by atoms with van der Waals surface area (Å²) in [7, 11) is 0. The van der Waals surface area contributed by atoms with E-state index in [0.29, 0.717) is 16.9 Å². The Balaban J connectivity index is 1.98. The van der Waals surface area contributed by atoms with Crippen molar-refractivity contribution in [2.45, 2.75) is 6.54 Å². The summed E-state index contributed by atoms with van der Waals surface area (Å²) in [6.45, 7) is 0.337. The smallest absolute Gasteiger partial charge is 0.309 e. The van der Waals surface area contributed by atoms with Crippen LogP contribution < -0.4 is 16.2 Å². The topological polar surface area (TPSA) is 93.8 Å². The Morgan fingerprint density at radius 2 is 2.05 bits per heavy atom. The fourth-order valence-electron chi connectivity index (χ4n) is 1.99. The van der Waals surface area contributed by atoms with Gasteiger partial charge in [0.1, 0.15) is 4.70 Å². The molecule has 0 unspecified atom stereocenters. The molecule has 2 heterocycles. The van der Waals surface area contributed by atoms with Gasteiger partial charge >= 0.3 is 4.87 Å². The lowest BCUT2D eigenvalue weighted by atomic mass is 10.2. The van der Waals surface area contributed by atoms with E-state index in [-0.39, 0.29) is 16.4 Å². The minimum atomic E-state index is -0.384. The predicted octanol–water partition coefficient (Wildman–Crippen LogP) is 1.44. The first-order chi connectivity index (χ1) is 10.1. The number of nitrogen functional groups attached to an aromatic ring is 1. The lowest BCUT2D eigenvalue weighted by Gasteiger charge is -1.99. The summed E-state index contributed by atoms with van der Waals surface area (Å²) in [5.41, 5.74) is 6.50. The molecule has 3 rings (SSSR count). The first-order valence-corrected chi connectivity index (χ1v) is 7.07. The van der Waals surface area contributed by atoms with E-state index >= 15 is 0 Å². The lowest BCUT2D eigenvalue weighted by molar-refractivity contribution is 0.828. The van der Waals surface area contributed by atoms with E-state index in [4.69, 9.17) is 5.73 Å². The molecule has 0 aliphatic heterocycles. The number of nitrogens with one attached hydrogen (secondary N) is 1. The Kier molecular flexibility index (Phi) is 3.41. The summed E-state index contributed by atoms with van der Waals surface area (Å²) in [5.74, 6) is 0.00564. The number of hydrogen-bond donors (Lipinski definition) is 2. The molecule has 0 atom stereocenters. The fourth-order valence-corrected chi connectivity index (χ4v) is 2.83. The fraction of sp³-hybridized carbons (Fsp3) is 0.0714. The zero-order valence-corrected chi connectivity index (χ0v) is 11.8. The molecule has 106 valence electrons. The number of aromatic nitrogens is 3. The highest BCUT2D eigenvalue weighted by Gasteiger charge is 2.11. The molecule has 1 aromatic carbocycles. The van der Waals surface area contributed by atoms with Crippen molar-refractivity contribution in [1.82, 2.24) is 14.5 Å². The molecule has 6 nitrogen and oxygen atoms in total. The van der Waals surface area contributed by atoms with Gasteiger partial charge in [0, 0.05) is 6.54 Å². The number of aromatic amines is 1. The van der Waals surface area contributed by atoms with Gasteiger partial charge in [-0.1, -0.05) is 53.8 Å². The quantitative estimate of drug-likeness (QED) is 0.765. The Morgan fingerprint density at radius 3 is 2.81 bits per heavy atom. The third-order valence-electron chi connectivity index (χ3n) is 2.94. The van der Waals surface area contributed by atoms with Crippen LogP contribution in [-0.2, 0) is 6.54 Å². The Bertz CT molecular complexity index is 922. The van der Waals surface area contributed by atoms with E-state index in [1.807, 2.05) is 42.5 Å². The van der Waals surface area contributed by atoms with Crippen LogP contribution in [0.15, 0.2) is 46.0 Å².